The number of hydrogen-bond donors (Lipinski definition) is 2. The second kappa shape index (κ2) is 4.08. The van der Waals surface area contributed by atoms with E-state index in [1.54, 1.807) is 22.7 Å². The summed E-state index contributed by atoms with van der Waals surface area (Å²) in [5.41, 5.74) is 0.772. The Morgan fingerprint density at radius 2 is 1.95 bits per heavy atom. The number of nitrogens with one attached hydrogen (secondary N) is 2. The predicted molar refractivity (Wildman–Crippen MR) is 80.0 cm³/mol. The topological polar surface area (TPSA) is 41.1 Å². The van der Waals surface area contributed by atoms with Crippen LogP contribution in [0.4, 0.5) is 5.00 Å². The fourth-order valence-electron chi connectivity index (χ4n) is 2.34. The van der Waals surface area contributed by atoms with Crippen molar-refractivity contribution >= 4 is 43.7 Å². The van der Waals surface area contributed by atoms with Gasteiger partial charge in [0.25, 0.3) is 5.91 Å². The molecule has 0 aliphatic carbocycles. The fourth-order valence-corrected chi connectivity index (χ4v) is 4.19. The highest BCUT2D eigenvalue weighted by atomic mass is 32.1. The van der Waals surface area contributed by atoms with E-state index in [9.17, 15) is 4.79 Å². The molecule has 0 fully saturated rings. The summed E-state index contributed by atoms with van der Waals surface area (Å²) >= 11 is 3.28. The fraction of sp³-hybridized carbons (Fsp3) is 0.0714. The van der Waals surface area contributed by atoms with Crippen LogP contribution in [0.3, 0.4) is 0 Å². The van der Waals surface area contributed by atoms with Crippen molar-refractivity contribution in [3.8, 4) is 0 Å². The summed E-state index contributed by atoms with van der Waals surface area (Å²) in [7, 11) is 0. The van der Waals surface area contributed by atoms with Gasteiger partial charge in [0.2, 0.25) is 0 Å². The van der Waals surface area contributed by atoms with Crippen LogP contribution in [0.15, 0.2) is 41.8 Å². The second-order valence-electron chi connectivity index (χ2n) is 4.37. The van der Waals surface area contributed by atoms with E-state index in [2.05, 4.69) is 10.6 Å². The Balaban J connectivity index is 1.85. The molecule has 2 N–H and O–H groups in total. The lowest BCUT2D eigenvalue weighted by molar-refractivity contribution is 0.0939. The summed E-state index contributed by atoms with van der Waals surface area (Å²) in [4.78, 5) is 13.4. The number of carbonyl (C=O) groups is 1. The van der Waals surface area contributed by atoms with E-state index >= 15 is 0 Å². The zero-order valence-corrected chi connectivity index (χ0v) is 11.5. The molecule has 94 valence electrons. The number of fused-ring (bicyclic) bond motifs is 3. The van der Waals surface area contributed by atoms with Crippen LogP contribution >= 0.6 is 22.7 Å². The molecule has 0 bridgehead atoms. The van der Waals surface area contributed by atoms with Crippen LogP contribution in [0.25, 0.3) is 10.1 Å². The van der Waals surface area contributed by atoms with Gasteiger partial charge in [0.05, 0.1) is 5.56 Å². The summed E-state index contributed by atoms with van der Waals surface area (Å²) in [5, 5.41) is 10.4. The Kier molecular flexibility index (Phi) is 2.36. The monoisotopic (exact) mass is 286 g/mol. The van der Waals surface area contributed by atoms with E-state index in [0.29, 0.717) is 0 Å². The van der Waals surface area contributed by atoms with Crippen LogP contribution in [0.1, 0.15) is 21.4 Å². The SMILES string of the molecule is O=C1N[C@H](c2cccs2)Nc2sc3ccccc3c21. The minimum atomic E-state index is -0.118. The molecular weight excluding hydrogens is 276 g/mol. The minimum absolute atomic E-state index is 0.00426. The molecule has 0 saturated carbocycles. The van der Waals surface area contributed by atoms with Crippen LogP contribution < -0.4 is 10.6 Å². The Bertz CT molecular complexity index is 761. The smallest absolute Gasteiger partial charge is 0.256 e. The second-order valence-corrected chi connectivity index (χ2v) is 6.40. The van der Waals surface area contributed by atoms with Gasteiger partial charge >= 0.3 is 0 Å². The zero-order valence-electron chi connectivity index (χ0n) is 9.84. The lowest BCUT2D eigenvalue weighted by Crippen LogP contribution is -2.37. The normalized spacial score (nSPS) is 17.9. The first-order valence-corrected chi connectivity index (χ1v) is 7.65. The largest absolute Gasteiger partial charge is 0.352 e. The molecule has 1 amide bonds. The van der Waals surface area contributed by atoms with Gasteiger partial charge < -0.3 is 10.6 Å². The van der Waals surface area contributed by atoms with Crippen molar-refractivity contribution in [2.45, 2.75) is 6.17 Å². The van der Waals surface area contributed by atoms with E-state index in [0.717, 1.165) is 25.5 Å². The molecular formula is C14H10N2OS2. The third-order valence-corrected chi connectivity index (χ3v) is 5.24. The minimum Gasteiger partial charge on any atom is -0.352 e. The van der Waals surface area contributed by atoms with Crippen molar-refractivity contribution in [1.82, 2.24) is 5.32 Å². The molecule has 1 aromatic carbocycles. The van der Waals surface area contributed by atoms with E-state index in [-0.39, 0.29) is 12.1 Å². The average Bonchev–Trinajstić information content (AvgIpc) is 3.05. The Morgan fingerprint density at radius 3 is 2.79 bits per heavy atom. The van der Waals surface area contributed by atoms with Crippen molar-refractivity contribution < 1.29 is 4.79 Å². The summed E-state index contributed by atoms with van der Waals surface area (Å²) in [6, 6.07) is 12.0. The highest BCUT2D eigenvalue weighted by Crippen LogP contribution is 2.40. The molecule has 4 rings (SSSR count). The maximum Gasteiger partial charge on any atom is 0.256 e. The lowest BCUT2D eigenvalue weighted by Gasteiger charge is -2.24. The van der Waals surface area contributed by atoms with Crippen LogP contribution in [0.5, 0.6) is 0 Å². The van der Waals surface area contributed by atoms with E-state index in [4.69, 9.17) is 0 Å². The van der Waals surface area contributed by atoms with Gasteiger partial charge in [-0.05, 0) is 17.5 Å². The van der Waals surface area contributed by atoms with E-state index in [1.165, 1.54) is 0 Å². The first-order valence-electron chi connectivity index (χ1n) is 5.95. The van der Waals surface area contributed by atoms with Crippen molar-refractivity contribution in [2.24, 2.45) is 0 Å². The first kappa shape index (κ1) is 11.0. The summed E-state index contributed by atoms with van der Waals surface area (Å²) in [5.74, 6) is 0.00426. The molecule has 0 radical (unpaired) electrons. The van der Waals surface area contributed by atoms with E-state index < -0.39 is 0 Å². The maximum absolute atomic E-state index is 12.3. The molecule has 19 heavy (non-hydrogen) atoms. The molecule has 0 spiro atoms. The van der Waals surface area contributed by atoms with Crippen molar-refractivity contribution in [3.05, 3.63) is 52.2 Å². The molecule has 3 nitrogen and oxygen atoms in total. The highest BCUT2D eigenvalue weighted by Gasteiger charge is 2.28. The highest BCUT2D eigenvalue weighted by molar-refractivity contribution is 7.23. The van der Waals surface area contributed by atoms with Gasteiger partial charge in [-0.25, -0.2) is 0 Å². The Labute approximate surface area is 117 Å². The summed E-state index contributed by atoms with van der Waals surface area (Å²) in [6.07, 6.45) is -0.118. The molecule has 3 aromatic rings. The van der Waals surface area contributed by atoms with Gasteiger partial charge in [-0.1, -0.05) is 24.3 Å². The van der Waals surface area contributed by atoms with Gasteiger partial charge in [-0.2, -0.15) is 0 Å². The quantitative estimate of drug-likeness (QED) is 0.714. The van der Waals surface area contributed by atoms with Crippen LogP contribution in [-0.2, 0) is 0 Å². The van der Waals surface area contributed by atoms with Crippen molar-refractivity contribution in [2.75, 3.05) is 5.32 Å². The van der Waals surface area contributed by atoms with Gasteiger partial charge in [-0.3, -0.25) is 4.79 Å². The standard InChI is InChI=1S/C14H10N2OS2/c17-13-11-8-4-1-2-5-9(8)19-14(11)16-12(15-13)10-6-3-7-18-10/h1-7,12,16H,(H,15,17)/t12-/m0/s1. The molecule has 0 unspecified atom stereocenters. The number of amides is 1. The Morgan fingerprint density at radius 1 is 1.05 bits per heavy atom. The molecule has 1 atom stereocenters. The molecule has 2 aromatic heterocycles. The first-order chi connectivity index (χ1) is 9.33. The number of benzene rings is 1. The van der Waals surface area contributed by atoms with Crippen molar-refractivity contribution in [1.29, 1.82) is 0 Å². The third kappa shape index (κ3) is 1.66. The Hall–Kier alpha value is -1.85. The molecule has 1 aliphatic rings. The molecule has 3 heterocycles. The number of carbonyl (C=O) groups excluding carboxylic acids is 1. The number of rotatable bonds is 1. The average molecular weight is 286 g/mol. The van der Waals surface area contributed by atoms with Gasteiger partial charge in [0.1, 0.15) is 11.2 Å². The molecule has 0 saturated heterocycles. The number of anilines is 1. The summed E-state index contributed by atoms with van der Waals surface area (Å²) in [6.45, 7) is 0. The zero-order chi connectivity index (χ0) is 12.8. The molecule has 1 aliphatic heterocycles. The maximum atomic E-state index is 12.3. The van der Waals surface area contributed by atoms with Gasteiger partial charge in [0, 0.05) is 15.0 Å². The molecule has 5 heteroatoms. The van der Waals surface area contributed by atoms with Gasteiger partial charge in [-0.15, -0.1) is 22.7 Å². The van der Waals surface area contributed by atoms with Crippen LogP contribution in [0, 0.1) is 0 Å². The predicted octanol–water partition coefficient (Wildman–Crippen LogP) is 3.82. The summed E-state index contributed by atoms with van der Waals surface area (Å²) < 4.78 is 1.14. The lowest BCUT2D eigenvalue weighted by atomic mass is 10.1. The van der Waals surface area contributed by atoms with E-state index in [1.807, 2.05) is 41.8 Å². The van der Waals surface area contributed by atoms with Crippen LogP contribution in [-0.4, -0.2) is 5.91 Å². The van der Waals surface area contributed by atoms with Crippen LogP contribution in [0.2, 0.25) is 0 Å². The van der Waals surface area contributed by atoms with Crippen molar-refractivity contribution in [3.63, 3.8) is 0 Å². The number of thiophene rings is 2. The van der Waals surface area contributed by atoms with Gasteiger partial charge in [0.15, 0.2) is 0 Å². The third-order valence-electron chi connectivity index (χ3n) is 3.20. The number of hydrogen-bond acceptors (Lipinski definition) is 4.